The van der Waals surface area contributed by atoms with Gasteiger partial charge in [0.15, 0.2) is 11.6 Å². The molecule has 1 aliphatic rings. The van der Waals surface area contributed by atoms with Gasteiger partial charge in [0, 0.05) is 24.6 Å². The molecule has 0 amide bonds. The van der Waals surface area contributed by atoms with Crippen LogP contribution in [0.15, 0.2) is 18.2 Å². The Balaban J connectivity index is 1.63. The summed E-state index contributed by atoms with van der Waals surface area (Å²) in [4.78, 5) is 4.28. The fraction of sp³-hybridized carbons (Fsp3) is 0.579. The standard InChI is InChI=1S/C19H27F2N5/c1-4-26-17(13-24(2)3)22-23-19(26)14-8-10-25(11-9-14)12-15-6-5-7-16(20)18(15)21/h5-7,14H,4,8-13H2,1-3H3. The van der Waals surface area contributed by atoms with Crippen LogP contribution in [0.1, 0.15) is 42.9 Å². The summed E-state index contributed by atoms with van der Waals surface area (Å²) < 4.78 is 29.5. The van der Waals surface area contributed by atoms with Crippen molar-refractivity contribution in [3.05, 3.63) is 47.0 Å². The van der Waals surface area contributed by atoms with Crippen LogP contribution in [0.2, 0.25) is 0 Å². The second kappa shape index (κ2) is 8.22. The largest absolute Gasteiger partial charge is 0.314 e. The molecule has 0 radical (unpaired) electrons. The third-order valence-corrected chi connectivity index (χ3v) is 5.01. The molecule has 1 fully saturated rings. The van der Waals surface area contributed by atoms with Crippen LogP contribution in [-0.2, 0) is 19.6 Å². The van der Waals surface area contributed by atoms with Crippen molar-refractivity contribution >= 4 is 0 Å². The molecule has 26 heavy (non-hydrogen) atoms. The molecule has 2 aromatic rings. The molecule has 0 saturated carbocycles. The summed E-state index contributed by atoms with van der Waals surface area (Å²) in [5.74, 6) is 0.917. The van der Waals surface area contributed by atoms with Gasteiger partial charge in [-0.25, -0.2) is 8.78 Å². The van der Waals surface area contributed by atoms with Crippen LogP contribution >= 0.6 is 0 Å². The van der Waals surface area contributed by atoms with E-state index in [2.05, 4.69) is 31.5 Å². The lowest BCUT2D eigenvalue weighted by atomic mass is 9.95. The van der Waals surface area contributed by atoms with Crippen molar-refractivity contribution < 1.29 is 8.78 Å². The summed E-state index contributed by atoms with van der Waals surface area (Å²) in [7, 11) is 4.05. The molecule has 0 bridgehead atoms. The molecule has 1 aromatic carbocycles. The Bertz CT molecular complexity index is 736. The van der Waals surface area contributed by atoms with Crippen LogP contribution < -0.4 is 0 Å². The molecule has 0 unspecified atom stereocenters. The first-order valence-electron chi connectivity index (χ1n) is 9.21. The molecule has 0 N–H and O–H groups in total. The molecule has 2 heterocycles. The van der Waals surface area contributed by atoms with E-state index in [9.17, 15) is 8.78 Å². The fourth-order valence-corrected chi connectivity index (χ4v) is 3.66. The summed E-state index contributed by atoms with van der Waals surface area (Å²) >= 11 is 0. The maximum atomic E-state index is 13.9. The van der Waals surface area contributed by atoms with Crippen molar-refractivity contribution in [1.29, 1.82) is 0 Å². The maximum Gasteiger partial charge on any atom is 0.163 e. The lowest BCUT2D eigenvalue weighted by molar-refractivity contribution is 0.197. The Labute approximate surface area is 153 Å². The highest BCUT2D eigenvalue weighted by Crippen LogP contribution is 2.28. The zero-order valence-corrected chi connectivity index (χ0v) is 15.8. The third kappa shape index (κ3) is 4.10. The van der Waals surface area contributed by atoms with E-state index in [-0.39, 0.29) is 0 Å². The molecular weight excluding hydrogens is 336 g/mol. The molecule has 5 nitrogen and oxygen atoms in total. The van der Waals surface area contributed by atoms with Crippen molar-refractivity contribution in [3.8, 4) is 0 Å². The van der Waals surface area contributed by atoms with Crippen molar-refractivity contribution in [2.75, 3.05) is 27.2 Å². The van der Waals surface area contributed by atoms with E-state index in [1.54, 1.807) is 12.1 Å². The first-order chi connectivity index (χ1) is 12.5. The molecule has 0 aliphatic carbocycles. The van der Waals surface area contributed by atoms with Crippen LogP contribution in [0.5, 0.6) is 0 Å². The number of benzene rings is 1. The zero-order chi connectivity index (χ0) is 18.7. The van der Waals surface area contributed by atoms with Crippen molar-refractivity contribution in [2.45, 2.75) is 45.3 Å². The van der Waals surface area contributed by atoms with Crippen LogP contribution in [-0.4, -0.2) is 51.7 Å². The normalized spacial score (nSPS) is 16.5. The summed E-state index contributed by atoms with van der Waals surface area (Å²) in [5, 5.41) is 8.83. The maximum absolute atomic E-state index is 13.9. The molecule has 3 rings (SSSR count). The van der Waals surface area contributed by atoms with Gasteiger partial charge in [-0.1, -0.05) is 12.1 Å². The monoisotopic (exact) mass is 363 g/mol. The minimum Gasteiger partial charge on any atom is -0.314 e. The number of aromatic nitrogens is 3. The lowest BCUT2D eigenvalue weighted by Crippen LogP contribution is -2.33. The van der Waals surface area contributed by atoms with E-state index in [1.807, 2.05) is 14.1 Å². The number of rotatable bonds is 6. The highest BCUT2D eigenvalue weighted by atomic mass is 19.2. The second-order valence-corrected chi connectivity index (χ2v) is 7.22. The predicted molar refractivity (Wildman–Crippen MR) is 96.7 cm³/mol. The molecule has 1 aliphatic heterocycles. The van der Waals surface area contributed by atoms with Gasteiger partial charge in [0.1, 0.15) is 11.6 Å². The minimum absolute atomic E-state index is 0.368. The van der Waals surface area contributed by atoms with Gasteiger partial charge in [0.25, 0.3) is 0 Å². The topological polar surface area (TPSA) is 37.2 Å². The van der Waals surface area contributed by atoms with Crippen molar-refractivity contribution in [2.24, 2.45) is 0 Å². The molecule has 1 saturated heterocycles. The van der Waals surface area contributed by atoms with E-state index in [0.717, 1.165) is 56.7 Å². The number of hydrogen-bond donors (Lipinski definition) is 0. The predicted octanol–water partition coefficient (Wildman–Crippen LogP) is 3.02. The Morgan fingerprint density at radius 2 is 1.88 bits per heavy atom. The van der Waals surface area contributed by atoms with Gasteiger partial charge in [0.05, 0.1) is 6.54 Å². The SMILES string of the molecule is CCn1c(CN(C)C)nnc1C1CCN(Cc2cccc(F)c2F)CC1. The van der Waals surface area contributed by atoms with Gasteiger partial charge in [-0.3, -0.25) is 4.90 Å². The lowest BCUT2D eigenvalue weighted by Gasteiger charge is -2.31. The first kappa shape index (κ1) is 18.9. The van der Waals surface area contributed by atoms with Crippen LogP contribution in [0.3, 0.4) is 0 Å². The van der Waals surface area contributed by atoms with E-state index >= 15 is 0 Å². The number of piperidine rings is 1. The van der Waals surface area contributed by atoms with Gasteiger partial charge in [-0.05, 0) is 53.0 Å². The van der Waals surface area contributed by atoms with Gasteiger partial charge in [-0.2, -0.15) is 0 Å². The van der Waals surface area contributed by atoms with E-state index in [0.29, 0.717) is 18.0 Å². The minimum atomic E-state index is -0.776. The van der Waals surface area contributed by atoms with E-state index in [4.69, 9.17) is 0 Å². The molecule has 142 valence electrons. The third-order valence-electron chi connectivity index (χ3n) is 5.01. The van der Waals surface area contributed by atoms with Gasteiger partial charge in [0.2, 0.25) is 0 Å². The summed E-state index contributed by atoms with van der Waals surface area (Å²) in [5.41, 5.74) is 0.424. The number of halogens is 2. The Kier molecular flexibility index (Phi) is 5.98. The van der Waals surface area contributed by atoms with Crippen LogP contribution in [0, 0.1) is 11.6 Å². The van der Waals surface area contributed by atoms with E-state index in [1.165, 1.54) is 0 Å². The van der Waals surface area contributed by atoms with Gasteiger partial charge >= 0.3 is 0 Å². The summed E-state index contributed by atoms with van der Waals surface area (Å²) in [6.07, 6.45) is 1.91. The summed E-state index contributed by atoms with van der Waals surface area (Å²) in [6.45, 7) is 5.90. The van der Waals surface area contributed by atoms with Crippen LogP contribution in [0.25, 0.3) is 0 Å². The first-order valence-corrected chi connectivity index (χ1v) is 9.21. The Morgan fingerprint density at radius 1 is 1.15 bits per heavy atom. The highest BCUT2D eigenvalue weighted by Gasteiger charge is 2.26. The second-order valence-electron chi connectivity index (χ2n) is 7.22. The zero-order valence-electron chi connectivity index (χ0n) is 15.8. The summed E-state index contributed by atoms with van der Waals surface area (Å²) in [6, 6.07) is 4.39. The molecule has 1 aromatic heterocycles. The smallest absolute Gasteiger partial charge is 0.163 e. The van der Waals surface area contributed by atoms with Gasteiger partial charge < -0.3 is 9.47 Å². The fourth-order valence-electron chi connectivity index (χ4n) is 3.66. The van der Waals surface area contributed by atoms with Crippen LogP contribution in [0.4, 0.5) is 8.78 Å². The molecule has 0 atom stereocenters. The highest BCUT2D eigenvalue weighted by molar-refractivity contribution is 5.19. The number of nitrogens with zero attached hydrogens (tertiary/aromatic N) is 5. The molecule has 7 heteroatoms. The van der Waals surface area contributed by atoms with Crippen molar-refractivity contribution in [1.82, 2.24) is 24.6 Å². The Morgan fingerprint density at radius 3 is 2.54 bits per heavy atom. The molecule has 0 spiro atoms. The number of hydrogen-bond acceptors (Lipinski definition) is 4. The van der Waals surface area contributed by atoms with Gasteiger partial charge in [-0.15, -0.1) is 10.2 Å². The van der Waals surface area contributed by atoms with Crippen molar-refractivity contribution in [3.63, 3.8) is 0 Å². The average Bonchev–Trinajstić information content (AvgIpc) is 3.01. The quantitative estimate of drug-likeness (QED) is 0.791. The average molecular weight is 363 g/mol. The van der Waals surface area contributed by atoms with E-state index < -0.39 is 11.6 Å². The number of likely N-dealkylation sites (tertiary alicyclic amines) is 1. The molecular formula is C19H27F2N5. The Hall–Kier alpha value is -1.86.